The van der Waals surface area contributed by atoms with Gasteiger partial charge in [-0.05, 0) is 60.7 Å². The molecule has 1 saturated heterocycles. The number of ether oxygens (including phenoxy) is 1. The normalized spacial score (nSPS) is 14.9. The van der Waals surface area contributed by atoms with E-state index in [1.54, 1.807) is 18.2 Å². The smallest absolute Gasteiger partial charge is 0.293 e. The van der Waals surface area contributed by atoms with Crippen molar-refractivity contribution in [2.24, 2.45) is 0 Å². The molecule has 1 fully saturated rings. The summed E-state index contributed by atoms with van der Waals surface area (Å²) in [4.78, 5) is 27.1. The fraction of sp³-hybridized carbons (Fsp3) is 0.143. The van der Waals surface area contributed by atoms with E-state index in [-0.39, 0.29) is 36.7 Å². The van der Waals surface area contributed by atoms with E-state index >= 15 is 0 Å². The maximum atomic E-state index is 14.4. The minimum absolute atomic E-state index is 0.156. The van der Waals surface area contributed by atoms with Crippen molar-refractivity contribution < 1.29 is 18.7 Å². The molecule has 3 aromatic carbocycles. The van der Waals surface area contributed by atoms with Crippen LogP contribution in [0.15, 0.2) is 77.8 Å². The average molecular weight is 521 g/mol. The van der Waals surface area contributed by atoms with Gasteiger partial charge in [0.05, 0.1) is 18.0 Å². The summed E-state index contributed by atoms with van der Waals surface area (Å²) in [5, 5.41) is 0.906. The van der Waals surface area contributed by atoms with Gasteiger partial charge in [-0.2, -0.15) is 0 Å². The minimum atomic E-state index is -0.379. The lowest BCUT2D eigenvalue weighted by Crippen LogP contribution is -2.32. The number of amides is 2. The van der Waals surface area contributed by atoms with Gasteiger partial charge >= 0.3 is 0 Å². The van der Waals surface area contributed by atoms with E-state index in [9.17, 15) is 14.0 Å². The second-order valence-electron chi connectivity index (χ2n) is 8.43. The molecule has 5 nitrogen and oxygen atoms in total. The highest BCUT2D eigenvalue weighted by molar-refractivity contribution is 8.18. The number of benzene rings is 3. The Morgan fingerprint density at radius 3 is 2.67 bits per heavy atom. The highest BCUT2D eigenvalue weighted by Gasteiger charge is 2.35. The lowest BCUT2D eigenvalue weighted by atomic mass is 10.1. The third kappa shape index (κ3) is 4.90. The first-order valence-corrected chi connectivity index (χ1v) is 12.6. The molecule has 36 heavy (non-hydrogen) atoms. The molecule has 0 bridgehead atoms. The summed E-state index contributed by atoms with van der Waals surface area (Å²) in [6.45, 7) is 2.56. The second-order valence-corrected chi connectivity index (χ2v) is 9.83. The van der Waals surface area contributed by atoms with Gasteiger partial charge in [0.2, 0.25) is 0 Å². The number of carbonyl (C=O) groups is 2. The van der Waals surface area contributed by atoms with Crippen LogP contribution in [0.2, 0.25) is 5.02 Å². The van der Waals surface area contributed by atoms with E-state index < -0.39 is 0 Å². The van der Waals surface area contributed by atoms with Crippen molar-refractivity contribution in [3.8, 4) is 5.75 Å². The van der Waals surface area contributed by atoms with Gasteiger partial charge in [0.25, 0.3) is 11.1 Å². The summed E-state index contributed by atoms with van der Waals surface area (Å²) in [6.07, 6.45) is 3.57. The zero-order valence-electron chi connectivity index (χ0n) is 19.4. The number of aromatic nitrogens is 1. The number of imide groups is 1. The molecule has 1 aliphatic heterocycles. The molecular weight excluding hydrogens is 499 g/mol. The molecular formula is C28H22ClFN2O3S. The number of aryl methyl sites for hydroxylation is 1. The molecule has 0 radical (unpaired) electrons. The number of para-hydroxylation sites is 1. The van der Waals surface area contributed by atoms with E-state index in [1.807, 2.05) is 66.2 Å². The number of nitrogens with zero attached hydrogens (tertiary/aromatic N) is 2. The maximum Gasteiger partial charge on any atom is 0.293 e. The van der Waals surface area contributed by atoms with Crippen LogP contribution < -0.4 is 4.74 Å². The Bertz CT molecular complexity index is 1490. The van der Waals surface area contributed by atoms with Crippen LogP contribution in [0.1, 0.15) is 16.7 Å². The van der Waals surface area contributed by atoms with Crippen LogP contribution in [0.25, 0.3) is 17.0 Å². The molecule has 0 N–H and O–H groups in total. The fourth-order valence-electron chi connectivity index (χ4n) is 4.17. The second kappa shape index (κ2) is 10.2. The molecule has 4 aromatic rings. The van der Waals surface area contributed by atoms with Gasteiger partial charge in [-0.3, -0.25) is 14.5 Å². The van der Waals surface area contributed by atoms with E-state index in [1.165, 1.54) is 11.0 Å². The van der Waals surface area contributed by atoms with Crippen molar-refractivity contribution in [2.45, 2.75) is 13.5 Å². The van der Waals surface area contributed by atoms with Crippen molar-refractivity contribution in [2.75, 3.05) is 13.2 Å². The molecule has 1 aliphatic rings. The van der Waals surface area contributed by atoms with Crippen LogP contribution in [0, 0.1) is 12.7 Å². The highest BCUT2D eigenvalue weighted by Crippen LogP contribution is 2.34. The van der Waals surface area contributed by atoms with Crippen LogP contribution in [0.4, 0.5) is 9.18 Å². The number of thioether (sulfide) groups is 1. The van der Waals surface area contributed by atoms with Crippen molar-refractivity contribution in [3.63, 3.8) is 0 Å². The van der Waals surface area contributed by atoms with Gasteiger partial charge in [-0.25, -0.2) is 4.39 Å². The zero-order valence-corrected chi connectivity index (χ0v) is 21.0. The molecule has 0 atom stereocenters. The van der Waals surface area contributed by atoms with E-state index in [0.717, 1.165) is 33.8 Å². The Balaban J connectivity index is 1.37. The Kier molecular flexibility index (Phi) is 6.85. The Hall–Kier alpha value is -3.55. The Morgan fingerprint density at radius 2 is 1.86 bits per heavy atom. The average Bonchev–Trinajstić information content (AvgIpc) is 3.33. The van der Waals surface area contributed by atoms with Gasteiger partial charge < -0.3 is 9.30 Å². The number of halogens is 2. The molecule has 0 saturated carbocycles. The maximum absolute atomic E-state index is 14.4. The summed E-state index contributed by atoms with van der Waals surface area (Å²) in [5.74, 6) is -0.0390. The third-order valence-electron chi connectivity index (χ3n) is 5.94. The standard InChI is InChI=1S/C28H22ClFN2O3S/c1-18-6-4-7-20(14-18)35-13-12-32-27(33)26(36-28(32)34)15-19-16-31(25-11-3-2-8-21(19)25)17-22-23(29)9-5-10-24(22)30/h2-11,14-16H,12-13,17H2,1H3/b26-15-. The van der Waals surface area contributed by atoms with Crippen molar-refractivity contribution >= 4 is 51.5 Å². The predicted octanol–water partition coefficient (Wildman–Crippen LogP) is 6.91. The largest absolute Gasteiger partial charge is 0.492 e. The number of carbonyl (C=O) groups excluding carboxylic acids is 2. The Morgan fingerprint density at radius 1 is 1.06 bits per heavy atom. The van der Waals surface area contributed by atoms with Gasteiger partial charge in [0.15, 0.2) is 0 Å². The Labute approximate surface area is 217 Å². The van der Waals surface area contributed by atoms with Crippen molar-refractivity contribution in [3.05, 3.63) is 105 Å². The number of hydrogen-bond donors (Lipinski definition) is 0. The van der Waals surface area contributed by atoms with Crippen LogP contribution in [-0.4, -0.2) is 33.8 Å². The number of rotatable bonds is 7. The fourth-order valence-corrected chi connectivity index (χ4v) is 5.25. The summed E-state index contributed by atoms with van der Waals surface area (Å²) < 4.78 is 22.0. The monoisotopic (exact) mass is 520 g/mol. The van der Waals surface area contributed by atoms with Crippen LogP contribution >= 0.6 is 23.4 Å². The van der Waals surface area contributed by atoms with Gasteiger partial charge in [-0.15, -0.1) is 0 Å². The third-order valence-corrected chi connectivity index (χ3v) is 7.20. The molecule has 0 spiro atoms. The summed E-state index contributed by atoms with van der Waals surface area (Å²) in [7, 11) is 0. The van der Waals surface area contributed by atoms with Crippen molar-refractivity contribution in [1.29, 1.82) is 0 Å². The topological polar surface area (TPSA) is 51.5 Å². The highest BCUT2D eigenvalue weighted by atomic mass is 35.5. The number of hydrogen-bond acceptors (Lipinski definition) is 4. The van der Waals surface area contributed by atoms with Crippen LogP contribution in [-0.2, 0) is 11.3 Å². The first-order chi connectivity index (χ1) is 17.4. The molecule has 8 heteroatoms. The predicted molar refractivity (Wildman–Crippen MR) is 142 cm³/mol. The SMILES string of the molecule is Cc1cccc(OCCN2C(=O)S/C(=C\c3cn(Cc4c(F)cccc4Cl)c4ccccc34)C2=O)c1. The molecule has 2 heterocycles. The van der Waals surface area contributed by atoms with Gasteiger partial charge in [-0.1, -0.05) is 48.0 Å². The quantitative estimate of drug-likeness (QED) is 0.248. The molecule has 0 unspecified atom stereocenters. The van der Waals surface area contributed by atoms with Crippen LogP contribution in [0.3, 0.4) is 0 Å². The molecule has 1 aromatic heterocycles. The summed E-state index contributed by atoms with van der Waals surface area (Å²) in [5.41, 5.74) is 3.09. The summed E-state index contributed by atoms with van der Waals surface area (Å²) >= 11 is 7.15. The first-order valence-electron chi connectivity index (χ1n) is 11.4. The molecule has 2 amide bonds. The summed E-state index contributed by atoms with van der Waals surface area (Å²) in [6, 6.07) is 19.9. The van der Waals surface area contributed by atoms with Crippen LogP contribution in [0.5, 0.6) is 5.75 Å². The zero-order chi connectivity index (χ0) is 25.2. The molecule has 5 rings (SSSR count). The van der Waals surface area contributed by atoms with E-state index in [0.29, 0.717) is 21.2 Å². The van der Waals surface area contributed by atoms with Gasteiger partial charge in [0.1, 0.15) is 18.2 Å². The lowest BCUT2D eigenvalue weighted by Gasteiger charge is -2.13. The molecule has 0 aliphatic carbocycles. The minimum Gasteiger partial charge on any atom is -0.492 e. The molecule has 182 valence electrons. The van der Waals surface area contributed by atoms with Crippen molar-refractivity contribution in [1.82, 2.24) is 9.47 Å². The lowest BCUT2D eigenvalue weighted by molar-refractivity contribution is -0.123. The van der Waals surface area contributed by atoms with E-state index in [2.05, 4.69) is 0 Å². The first kappa shape index (κ1) is 24.2. The van der Waals surface area contributed by atoms with E-state index in [4.69, 9.17) is 16.3 Å². The number of fused-ring (bicyclic) bond motifs is 1. The van der Waals surface area contributed by atoms with Gasteiger partial charge in [0, 0.05) is 33.2 Å².